The van der Waals surface area contributed by atoms with Crippen LogP contribution < -0.4 is 20.1 Å². The molecule has 0 bridgehead atoms. The average Bonchev–Trinajstić information content (AvgIpc) is 3.72. The number of halogens is 6. The van der Waals surface area contributed by atoms with E-state index in [4.69, 9.17) is 31.5 Å². The standard InChI is InChI=1S/C26H28ClF4N7O4.C7H12FN/c1-36(2)24(39)21-22(40-3)16-10-37(6-5-7-38(16)35-21)23-12-11-42-17(9-15(12)33-25(34-23)41-4)18-19(26(29,30)31)13(27)8-14(32)20(18)28;8-6-4-7-2-1-3-9(7)5-6/h8,17H,5-7,9-11,32H2,1-4H3;6-7H,1-5H2. The first-order valence-corrected chi connectivity index (χ1v) is 17.0. The van der Waals surface area contributed by atoms with Gasteiger partial charge in [-0.15, -0.1) is 0 Å². The van der Waals surface area contributed by atoms with Crippen LogP contribution in [0, 0.1) is 5.82 Å². The van der Waals surface area contributed by atoms with Gasteiger partial charge in [-0.3, -0.25) is 14.4 Å². The Balaban J connectivity index is 0.000000428. The summed E-state index contributed by atoms with van der Waals surface area (Å²) in [6.45, 7) is 2.89. The Kier molecular flexibility index (Phi) is 10.5. The van der Waals surface area contributed by atoms with Gasteiger partial charge < -0.3 is 29.7 Å². The number of hydrogen-bond donors (Lipinski definition) is 1. The maximum absolute atomic E-state index is 15.1. The van der Waals surface area contributed by atoms with E-state index >= 15 is 4.39 Å². The normalized spacial score (nSPS) is 21.6. The van der Waals surface area contributed by atoms with Crippen LogP contribution in [0.2, 0.25) is 5.02 Å². The summed E-state index contributed by atoms with van der Waals surface area (Å²) in [5.41, 5.74) is 4.64. The van der Waals surface area contributed by atoms with E-state index in [1.54, 1.807) is 18.8 Å². The van der Waals surface area contributed by atoms with Gasteiger partial charge in [0.05, 0.1) is 55.4 Å². The molecule has 4 aliphatic heterocycles. The molecular formula is C33H40ClF5N8O4. The monoisotopic (exact) mass is 742 g/mol. The molecule has 12 nitrogen and oxygen atoms in total. The number of hydrogen-bond acceptors (Lipinski definition) is 10. The fraction of sp³-hybridized carbons (Fsp3) is 0.576. The summed E-state index contributed by atoms with van der Waals surface area (Å²) in [6.07, 6.45) is -3.13. The maximum atomic E-state index is 15.1. The summed E-state index contributed by atoms with van der Waals surface area (Å²) in [4.78, 5) is 27.3. The van der Waals surface area contributed by atoms with Crippen molar-refractivity contribution in [3.8, 4) is 11.8 Å². The number of aromatic nitrogens is 4. The number of nitrogens with two attached hydrogens (primary N) is 1. The lowest BCUT2D eigenvalue weighted by Crippen LogP contribution is -2.29. The zero-order chi connectivity index (χ0) is 36.8. The Morgan fingerprint density at radius 3 is 2.57 bits per heavy atom. The third-order valence-electron chi connectivity index (χ3n) is 9.65. The van der Waals surface area contributed by atoms with Crippen molar-refractivity contribution >= 4 is 29.0 Å². The maximum Gasteiger partial charge on any atom is 0.418 e. The van der Waals surface area contributed by atoms with E-state index in [0.29, 0.717) is 60.6 Å². The molecule has 0 radical (unpaired) electrons. The van der Waals surface area contributed by atoms with Crippen LogP contribution in [0.25, 0.3) is 0 Å². The lowest BCUT2D eigenvalue weighted by Gasteiger charge is -2.31. The van der Waals surface area contributed by atoms with Gasteiger partial charge in [-0.05, 0) is 38.3 Å². The smallest absolute Gasteiger partial charge is 0.418 e. The number of carbonyl (C=O) groups is 1. The van der Waals surface area contributed by atoms with Crippen LogP contribution in [0.4, 0.5) is 33.5 Å². The minimum absolute atomic E-state index is 0.0280. The molecule has 2 N–H and O–H groups in total. The number of methoxy groups -OCH3 is 2. The van der Waals surface area contributed by atoms with Gasteiger partial charge in [0.25, 0.3) is 5.91 Å². The predicted octanol–water partition coefficient (Wildman–Crippen LogP) is 5.20. The van der Waals surface area contributed by atoms with E-state index in [1.165, 1.54) is 32.0 Å². The van der Waals surface area contributed by atoms with Crippen molar-refractivity contribution in [1.29, 1.82) is 0 Å². The van der Waals surface area contributed by atoms with Gasteiger partial charge in [-0.2, -0.15) is 28.2 Å². The highest BCUT2D eigenvalue weighted by Crippen LogP contribution is 2.46. The second-order valence-corrected chi connectivity index (χ2v) is 13.6. The van der Waals surface area contributed by atoms with E-state index in [1.807, 2.05) is 4.90 Å². The third kappa shape index (κ3) is 7.24. The molecule has 2 aromatic heterocycles. The molecule has 1 aromatic carbocycles. The molecule has 0 aliphatic carbocycles. The number of nitrogens with zero attached hydrogens (tertiary/aromatic N) is 7. The highest BCUT2D eigenvalue weighted by atomic mass is 35.5. The first kappa shape index (κ1) is 36.8. The minimum Gasteiger partial charge on any atom is -0.492 e. The van der Waals surface area contributed by atoms with E-state index < -0.39 is 46.1 Å². The Labute approximate surface area is 296 Å². The first-order valence-electron chi connectivity index (χ1n) is 16.6. The number of rotatable bonds is 5. The summed E-state index contributed by atoms with van der Waals surface area (Å²) >= 11 is 5.89. The van der Waals surface area contributed by atoms with Crippen molar-refractivity contribution < 1.29 is 41.0 Å². The Hall–Kier alpha value is -3.96. The number of ether oxygens (including phenoxy) is 3. The molecule has 6 heterocycles. The number of amides is 1. The zero-order valence-corrected chi connectivity index (χ0v) is 29.5. The molecule has 2 saturated heterocycles. The molecule has 7 rings (SSSR count). The minimum atomic E-state index is -4.96. The molecule has 0 spiro atoms. The van der Waals surface area contributed by atoms with E-state index in [0.717, 1.165) is 19.0 Å². The highest BCUT2D eigenvalue weighted by Gasteiger charge is 2.42. The number of carbonyl (C=O) groups excluding carboxylic acids is 1. The number of fused-ring (bicyclic) bond motifs is 3. The second-order valence-electron chi connectivity index (χ2n) is 13.2. The summed E-state index contributed by atoms with van der Waals surface area (Å²) in [5, 5.41) is 3.76. The number of benzene rings is 1. The van der Waals surface area contributed by atoms with Crippen molar-refractivity contribution in [2.24, 2.45) is 0 Å². The van der Waals surface area contributed by atoms with Crippen LogP contribution in [0.1, 0.15) is 70.4 Å². The van der Waals surface area contributed by atoms with E-state index in [9.17, 15) is 22.4 Å². The van der Waals surface area contributed by atoms with Crippen molar-refractivity contribution in [3.05, 3.63) is 50.7 Å². The van der Waals surface area contributed by atoms with Crippen molar-refractivity contribution in [2.45, 2.75) is 76.3 Å². The average molecular weight is 743 g/mol. The first-order chi connectivity index (χ1) is 24.2. The van der Waals surface area contributed by atoms with Gasteiger partial charge in [0.2, 0.25) is 0 Å². The molecule has 0 saturated carbocycles. The number of aryl methyl sites for hydroxylation is 1. The Bertz CT molecular complexity index is 1780. The summed E-state index contributed by atoms with van der Waals surface area (Å²) < 4.78 is 88.1. The molecule has 278 valence electrons. The fourth-order valence-electron chi connectivity index (χ4n) is 7.29. The topological polar surface area (TPSA) is 124 Å². The van der Waals surface area contributed by atoms with Crippen molar-refractivity contribution in [3.63, 3.8) is 0 Å². The van der Waals surface area contributed by atoms with Crippen LogP contribution in [-0.2, 0) is 37.0 Å². The lowest BCUT2D eigenvalue weighted by atomic mass is 9.93. The molecule has 51 heavy (non-hydrogen) atoms. The van der Waals surface area contributed by atoms with Gasteiger partial charge >= 0.3 is 12.2 Å². The fourth-order valence-corrected chi connectivity index (χ4v) is 7.61. The quantitative estimate of drug-likeness (QED) is 0.276. The summed E-state index contributed by atoms with van der Waals surface area (Å²) in [5.74, 6) is -0.806. The van der Waals surface area contributed by atoms with Crippen LogP contribution >= 0.6 is 11.6 Å². The Morgan fingerprint density at radius 1 is 1.14 bits per heavy atom. The van der Waals surface area contributed by atoms with E-state index in [2.05, 4.69) is 20.0 Å². The molecule has 18 heteroatoms. The zero-order valence-electron chi connectivity index (χ0n) is 28.7. The summed E-state index contributed by atoms with van der Waals surface area (Å²) in [6, 6.07) is 1.32. The second kappa shape index (κ2) is 14.6. The molecule has 4 aliphatic rings. The van der Waals surface area contributed by atoms with Gasteiger partial charge in [-0.25, -0.2) is 8.78 Å². The van der Waals surface area contributed by atoms with Crippen LogP contribution in [0.3, 0.4) is 0 Å². The molecule has 3 aromatic rings. The van der Waals surface area contributed by atoms with E-state index in [-0.39, 0.29) is 37.2 Å². The van der Waals surface area contributed by atoms with Crippen molar-refractivity contribution in [2.75, 3.05) is 58.6 Å². The number of alkyl halides is 4. The van der Waals surface area contributed by atoms with Crippen LogP contribution in [0.5, 0.6) is 11.8 Å². The van der Waals surface area contributed by atoms with Gasteiger partial charge in [-0.1, -0.05) is 11.6 Å². The molecule has 3 unspecified atom stereocenters. The van der Waals surface area contributed by atoms with Gasteiger partial charge in [0, 0.05) is 57.3 Å². The number of anilines is 2. The van der Waals surface area contributed by atoms with Crippen LogP contribution in [-0.4, -0.2) is 95.6 Å². The molecular weight excluding hydrogens is 703 g/mol. The van der Waals surface area contributed by atoms with Crippen LogP contribution in [0.15, 0.2) is 6.07 Å². The van der Waals surface area contributed by atoms with Gasteiger partial charge in [0.15, 0.2) is 17.3 Å². The highest BCUT2D eigenvalue weighted by molar-refractivity contribution is 6.31. The number of nitrogen functional groups attached to an aromatic ring is 1. The molecule has 2 fully saturated rings. The predicted molar refractivity (Wildman–Crippen MR) is 177 cm³/mol. The Morgan fingerprint density at radius 2 is 1.90 bits per heavy atom. The molecule has 3 atom stereocenters. The molecule has 1 amide bonds. The van der Waals surface area contributed by atoms with Crippen molar-refractivity contribution in [1.82, 2.24) is 29.5 Å². The largest absolute Gasteiger partial charge is 0.492 e. The lowest BCUT2D eigenvalue weighted by molar-refractivity contribution is -0.140. The SMILES string of the molecule is COc1nc2c(c(N3CCCn4nc(C(=O)N(C)C)c(OC)c4C3)n1)COC(c1c(F)c(N)cc(Cl)c1C(F)(F)F)C2.FC1CC2CCCN2C1. The van der Waals surface area contributed by atoms with Gasteiger partial charge in [0.1, 0.15) is 17.7 Å². The summed E-state index contributed by atoms with van der Waals surface area (Å²) in [7, 11) is 6.06. The third-order valence-corrected chi connectivity index (χ3v) is 9.94.